The lowest BCUT2D eigenvalue weighted by molar-refractivity contribution is -0.384. The van der Waals surface area contributed by atoms with E-state index in [2.05, 4.69) is 16.0 Å². The van der Waals surface area contributed by atoms with Crippen LogP contribution in [-0.2, 0) is 4.79 Å². The Morgan fingerprint density at radius 2 is 2.04 bits per heavy atom. The van der Waals surface area contributed by atoms with E-state index in [1.54, 1.807) is 30.0 Å². The van der Waals surface area contributed by atoms with E-state index in [1.807, 2.05) is 6.26 Å². The number of benzene rings is 1. The maximum absolute atomic E-state index is 12.0. The van der Waals surface area contributed by atoms with Crippen LogP contribution in [0.25, 0.3) is 0 Å². The number of thioether (sulfide) groups is 1. The van der Waals surface area contributed by atoms with Gasteiger partial charge in [0.15, 0.2) is 0 Å². The lowest BCUT2D eigenvalue weighted by atomic mass is 10.2. The molecule has 0 saturated carbocycles. The minimum absolute atomic E-state index is 0.0305. The Balaban J connectivity index is 2.46. The third kappa shape index (κ3) is 6.73. The van der Waals surface area contributed by atoms with E-state index in [0.29, 0.717) is 24.4 Å². The molecule has 1 atom stereocenters. The summed E-state index contributed by atoms with van der Waals surface area (Å²) in [6.45, 7) is 0.559. The second-order valence-electron chi connectivity index (χ2n) is 4.83. The van der Waals surface area contributed by atoms with E-state index < -0.39 is 17.0 Å². The summed E-state index contributed by atoms with van der Waals surface area (Å²) in [5.41, 5.74) is 5.42. The first-order chi connectivity index (χ1) is 11.5. The van der Waals surface area contributed by atoms with Crippen molar-refractivity contribution in [1.29, 1.82) is 0 Å². The number of rotatable bonds is 10. The van der Waals surface area contributed by atoms with Gasteiger partial charge in [0.1, 0.15) is 11.7 Å². The number of anilines is 1. The number of primary amides is 1. The first-order valence-electron chi connectivity index (χ1n) is 7.25. The fourth-order valence-corrected chi connectivity index (χ4v) is 2.44. The smallest absolute Gasteiger partial charge is 0.312 e. The molecule has 0 aliphatic carbocycles. The average Bonchev–Trinajstić information content (AvgIpc) is 2.55. The van der Waals surface area contributed by atoms with Crippen LogP contribution in [0.2, 0.25) is 0 Å². The summed E-state index contributed by atoms with van der Waals surface area (Å²) in [5, 5.41) is 18.9. The van der Waals surface area contributed by atoms with Gasteiger partial charge in [-0.2, -0.15) is 11.8 Å². The van der Waals surface area contributed by atoms with Gasteiger partial charge in [-0.15, -0.1) is 0 Å². The van der Waals surface area contributed by atoms with Gasteiger partial charge in [-0.1, -0.05) is 12.1 Å². The number of nitro benzene ring substituents is 1. The van der Waals surface area contributed by atoms with E-state index in [1.165, 1.54) is 6.07 Å². The van der Waals surface area contributed by atoms with Crippen LogP contribution < -0.4 is 21.7 Å². The SMILES string of the molecule is CSCC[C@H](NC(N)=O)C(=O)NCCNc1ccccc1[N+](=O)[O-]. The fourth-order valence-electron chi connectivity index (χ4n) is 1.96. The lowest BCUT2D eigenvalue weighted by Gasteiger charge is -2.17. The molecule has 5 N–H and O–H groups in total. The molecule has 0 saturated heterocycles. The number of carbonyl (C=O) groups is 2. The fraction of sp³-hybridized carbons (Fsp3) is 0.429. The van der Waals surface area contributed by atoms with Crippen LogP contribution in [0.3, 0.4) is 0 Å². The van der Waals surface area contributed by atoms with Crippen LogP contribution in [0, 0.1) is 10.1 Å². The lowest BCUT2D eigenvalue weighted by Crippen LogP contribution is -2.49. The zero-order valence-electron chi connectivity index (χ0n) is 13.3. The van der Waals surface area contributed by atoms with Gasteiger partial charge in [0.05, 0.1) is 4.92 Å². The Morgan fingerprint density at radius 3 is 2.67 bits per heavy atom. The summed E-state index contributed by atoms with van der Waals surface area (Å²) < 4.78 is 0. The molecule has 1 rings (SSSR count). The van der Waals surface area contributed by atoms with Crippen LogP contribution in [0.5, 0.6) is 0 Å². The number of hydrogen-bond donors (Lipinski definition) is 4. The van der Waals surface area contributed by atoms with E-state index in [9.17, 15) is 19.7 Å². The third-order valence-corrected chi connectivity index (χ3v) is 3.73. The van der Waals surface area contributed by atoms with Gasteiger partial charge in [-0.05, 0) is 24.5 Å². The minimum atomic E-state index is -0.755. The van der Waals surface area contributed by atoms with Crippen LogP contribution in [0.15, 0.2) is 24.3 Å². The molecular weight excluding hydrogens is 334 g/mol. The molecule has 0 unspecified atom stereocenters. The van der Waals surface area contributed by atoms with Crippen molar-refractivity contribution >= 4 is 35.1 Å². The molecular formula is C14H21N5O4S. The van der Waals surface area contributed by atoms with Crippen LogP contribution in [0.1, 0.15) is 6.42 Å². The number of para-hydroxylation sites is 2. The van der Waals surface area contributed by atoms with Crippen molar-refractivity contribution in [3.8, 4) is 0 Å². The maximum Gasteiger partial charge on any atom is 0.312 e. The molecule has 132 valence electrons. The highest BCUT2D eigenvalue weighted by molar-refractivity contribution is 7.98. The summed E-state index contributed by atoms with van der Waals surface area (Å²) in [4.78, 5) is 33.4. The normalized spacial score (nSPS) is 11.4. The number of nitrogens with one attached hydrogen (secondary N) is 3. The quantitative estimate of drug-likeness (QED) is 0.279. The Labute approximate surface area is 143 Å². The van der Waals surface area contributed by atoms with Crippen molar-refractivity contribution < 1.29 is 14.5 Å². The van der Waals surface area contributed by atoms with Gasteiger partial charge in [0.2, 0.25) is 5.91 Å². The van der Waals surface area contributed by atoms with Crippen molar-refractivity contribution in [2.45, 2.75) is 12.5 Å². The van der Waals surface area contributed by atoms with Crippen LogP contribution >= 0.6 is 11.8 Å². The molecule has 24 heavy (non-hydrogen) atoms. The van der Waals surface area contributed by atoms with Gasteiger partial charge in [-0.25, -0.2) is 4.79 Å². The molecule has 9 nitrogen and oxygen atoms in total. The summed E-state index contributed by atoms with van der Waals surface area (Å²) in [6.07, 6.45) is 2.36. The molecule has 0 heterocycles. The standard InChI is InChI=1S/C14H21N5O4S/c1-24-9-6-11(18-14(15)21)13(20)17-8-7-16-10-4-2-3-5-12(10)19(22)23/h2-5,11,16H,6-9H2,1H3,(H,17,20)(H3,15,18,21)/t11-/m0/s1. The number of nitrogens with two attached hydrogens (primary N) is 1. The summed E-state index contributed by atoms with van der Waals surface area (Å²) in [6, 6.07) is 4.81. The first kappa shape index (κ1) is 19.6. The van der Waals surface area contributed by atoms with Gasteiger partial charge in [-0.3, -0.25) is 14.9 Å². The second-order valence-corrected chi connectivity index (χ2v) is 5.82. The predicted molar refractivity (Wildman–Crippen MR) is 94.1 cm³/mol. The van der Waals surface area contributed by atoms with E-state index >= 15 is 0 Å². The number of nitro groups is 1. The highest BCUT2D eigenvalue weighted by Crippen LogP contribution is 2.22. The van der Waals surface area contributed by atoms with Gasteiger partial charge in [0.25, 0.3) is 5.69 Å². The largest absolute Gasteiger partial charge is 0.378 e. The summed E-state index contributed by atoms with van der Waals surface area (Å²) >= 11 is 1.56. The predicted octanol–water partition coefficient (Wildman–Crippen LogP) is 0.913. The molecule has 1 aromatic carbocycles. The van der Waals surface area contributed by atoms with Crippen molar-refractivity contribution in [3.63, 3.8) is 0 Å². The van der Waals surface area contributed by atoms with Gasteiger partial charge >= 0.3 is 6.03 Å². The number of urea groups is 1. The number of carbonyl (C=O) groups excluding carboxylic acids is 2. The molecule has 0 spiro atoms. The van der Waals surface area contributed by atoms with Crippen molar-refractivity contribution in [2.75, 3.05) is 30.4 Å². The monoisotopic (exact) mass is 355 g/mol. The van der Waals surface area contributed by atoms with Crippen molar-refractivity contribution in [3.05, 3.63) is 34.4 Å². The number of nitrogens with zero attached hydrogens (tertiary/aromatic N) is 1. The van der Waals surface area contributed by atoms with Gasteiger partial charge in [0, 0.05) is 19.2 Å². The summed E-state index contributed by atoms with van der Waals surface area (Å²) in [5.74, 6) is 0.361. The van der Waals surface area contributed by atoms with Crippen molar-refractivity contribution in [1.82, 2.24) is 10.6 Å². The molecule has 0 bridgehead atoms. The molecule has 0 fully saturated rings. The van der Waals surface area contributed by atoms with Crippen LogP contribution in [0.4, 0.5) is 16.2 Å². The van der Waals surface area contributed by atoms with E-state index in [-0.39, 0.29) is 18.1 Å². The molecule has 10 heteroatoms. The highest BCUT2D eigenvalue weighted by atomic mass is 32.2. The molecule has 0 aromatic heterocycles. The molecule has 0 aliphatic rings. The second kappa shape index (κ2) is 10.3. The third-order valence-electron chi connectivity index (χ3n) is 3.08. The molecule has 1 aromatic rings. The molecule has 0 aliphatic heterocycles. The number of hydrogen-bond acceptors (Lipinski definition) is 6. The average molecular weight is 355 g/mol. The Bertz CT molecular complexity index is 584. The minimum Gasteiger partial charge on any atom is -0.378 e. The van der Waals surface area contributed by atoms with Crippen LogP contribution in [-0.4, -0.2) is 48.0 Å². The topological polar surface area (TPSA) is 139 Å². The van der Waals surface area contributed by atoms with E-state index in [4.69, 9.17) is 5.73 Å². The first-order valence-corrected chi connectivity index (χ1v) is 8.65. The molecule has 3 amide bonds. The Hall–Kier alpha value is -2.49. The maximum atomic E-state index is 12.0. The number of amides is 3. The van der Waals surface area contributed by atoms with E-state index in [0.717, 1.165) is 0 Å². The summed E-state index contributed by atoms with van der Waals surface area (Å²) in [7, 11) is 0. The molecule has 0 radical (unpaired) electrons. The Morgan fingerprint density at radius 1 is 1.33 bits per heavy atom. The Kier molecular flexibility index (Phi) is 8.41. The van der Waals surface area contributed by atoms with Crippen molar-refractivity contribution in [2.24, 2.45) is 5.73 Å². The zero-order chi connectivity index (χ0) is 17.9. The zero-order valence-corrected chi connectivity index (χ0v) is 14.1. The highest BCUT2D eigenvalue weighted by Gasteiger charge is 2.19. The van der Waals surface area contributed by atoms with Gasteiger partial charge < -0.3 is 21.7 Å².